The second-order valence-corrected chi connectivity index (χ2v) is 3.77. The summed E-state index contributed by atoms with van der Waals surface area (Å²) in [7, 11) is 0. The largest absolute Gasteiger partial charge is 0.368 e. The van der Waals surface area contributed by atoms with Crippen molar-refractivity contribution in [1.82, 2.24) is 14.5 Å². The standard InChI is InChI=1S/C12H12N4/c1-2-16-6-5-9-10(16)4-3-8-7-14-12(13)15-11(8)9/h3-7H,2H2,1H3,(H2,13,14,15). The van der Waals surface area contributed by atoms with Crippen LogP contribution in [0.15, 0.2) is 30.6 Å². The average molecular weight is 212 g/mol. The molecule has 3 aromatic rings. The predicted molar refractivity (Wildman–Crippen MR) is 65.1 cm³/mol. The third kappa shape index (κ3) is 1.16. The summed E-state index contributed by atoms with van der Waals surface area (Å²) in [5, 5.41) is 2.16. The van der Waals surface area contributed by atoms with Crippen LogP contribution in [0.25, 0.3) is 21.8 Å². The molecule has 2 aromatic heterocycles. The number of rotatable bonds is 1. The maximum Gasteiger partial charge on any atom is 0.220 e. The van der Waals surface area contributed by atoms with Crippen LogP contribution in [0.2, 0.25) is 0 Å². The van der Waals surface area contributed by atoms with E-state index in [-0.39, 0.29) is 0 Å². The molecule has 0 amide bonds. The van der Waals surface area contributed by atoms with Gasteiger partial charge in [0.1, 0.15) is 0 Å². The number of hydrogen-bond acceptors (Lipinski definition) is 3. The summed E-state index contributed by atoms with van der Waals surface area (Å²) in [4.78, 5) is 8.31. The van der Waals surface area contributed by atoms with Crippen LogP contribution >= 0.6 is 0 Å². The van der Waals surface area contributed by atoms with Gasteiger partial charge in [0.15, 0.2) is 0 Å². The molecule has 4 nitrogen and oxygen atoms in total. The normalized spacial score (nSPS) is 11.3. The molecule has 0 unspecified atom stereocenters. The molecule has 4 heteroatoms. The minimum Gasteiger partial charge on any atom is -0.368 e. The van der Waals surface area contributed by atoms with Crippen molar-refractivity contribution >= 4 is 27.8 Å². The maximum atomic E-state index is 5.63. The molecule has 0 saturated carbocycles. The number of aryl methyl sites for hydroxylation is 1. The zero-order chi connectivity index (χ0) is 11.1. The quantitative estimate of drug-likeness (QED) is 0.672. The fourth-order valence-corrected chi connectivity index (χ4v) is 2.06. The topological polar surface area (TPSA) is 56.7 Å². The zero-order valence-corrected chi connectivity index (χ0v) is 9.01. The molecule has 0 aliphatic rings. The Balaban J connectivity index is 2.48. The molecule has 0 saturated heterocycles. The molecule has 0 aliphatic heterocycles. The highest BCUT2D eigenvalue weighted by atomic mass is 15.0. The molecule has 0 atom stereocenters. The highest BCUT2D eigenvalue weighted by Gasteiger charge is 2.06. The first-order valence-corrected chi connectivity index (χ1v) is 5.29. The van der Waals surface area contributed by atoms with E-state index in [0.29, 0.717) is 5.95 Å². The summed E-state index contributed by atoms with van der Waals surface area (Å²) in [5.74, 6) is 0.323. The van der Waals surface area contributed by atoms with Gasteiger partial charge in [0, 0.05) is 29.7 Å². The van der Waals surface area contributed by atoms with Gasteiger partial charge in [-0.05, 0) is 25.1 Å². The second kappa shape index (κ2) is 3.20. The molecule has 2 N–H and O–H groups in total. The Labute approximate surface area is 92.7 Å². The number of anilines is 1. The van der Waals surface area contributed by atoms with E-state index in [4.69, 9.17) is 5.73 Å². The Morgan fingerprint density at radius 3 is 3.00 bits per heavy atom. The first-order valence-electron chi connectivity index (χ1n) is 5.29. The van der Waals surface area contributed by atoms with E-state index in [9.17, 15) is 0 Å². The molecule has 0 spiro atoms. The van der Waals surface area contributed by atoms with Crippen molar-refractivity contribution < 1.29 is 0 Å². The Kier molecular flexibility index (Phi) is 1.83. The number of nitrogen functional groups attached to an aromatic ring is 1. The van der Waals surface area contributed by atoms with Crippen molar-refractivity contribution in [3.05, 3.63) is 30.6 Å². The van der Waals surface area contributed by atoms with E-state index >= 15 is 0 Å². The van der Waals surface area contributed by atoms with Crippen LogP contribution in [0, 0.1) is 0 Å². The first-order chi connectivity index (χ1) is 7.79. The van der Waals surface area contributed by atoms with Gasteiger partial charge in [-0.3, -0.25) is 0 Å². The van der Waals surface area contributed by atoms with Crippen molar-refractivity contribution in [3.8, 4) is 0 Å². The van der Waals surface area contributed by atoms with Crippen LogP contribution in [0.5, 0.6) is 0 Å². The van der Waals surface area contributed by atoms with Gasteiger partial charge in [-0.15, -0.1) is 0 Å². The third-order valence-corrected chi connectivity index (χ3v) is 2.86. The minimum absolute atomic E-state index is 0.323. The van der Waals surface area contributed by atoms with Gasteiger partial charge >= 0.3 is 0 Å². The number of fused-ring (bicyclic) bond motifs is 3. The van der Waals surface area contributed by atoms with Crippen LogP contribution in [-0.4, -0.2) is 14.5 Å². The van der Waals surface area contributed by atoms with Crippen molar-refractivity contribution in [2.75, 3.05) is 5.73 Å². The Hall–Kier alpha value is -2.10. The fourth-order valence-electron chi connectivity index (χ4n) is 2.06. The van der Waals surface area contributed by atoms with Crippen LogP contribution in [0.3, 0.4) is 0 Å². The van der Waals surface area contributed by atoms with E-state index in [0.717, 1.165) is 22.8 Å². The molecular weight excluding hydrogens is 200 g/mol. The number of benzene rings is 1. The van der Waals surface area contributed by atoms with Crippen LogP contribution in [0.4, 0.5) is 5.95 Å². The van der Waals surface area contributed by atoms with Gasteiger partial charge in [-0.2, -0.15) is 0 Å². The third-order valence-electron chi connectivity index (χ3n) is 2.86. The number of hydrogen-bond donors (Lipinski definition) is 1. The maximum absolute atomic E-state index is 5.63. The van der Waals surface area contributed by atoms with E-state index < -0.39 is 0 Å². The number of nitrogens with two attached hydrogens (primary N) is 1. The van der Waals surface area contributed by atoms with Gasteiger partial charge in [0.05, 0.1) is 11.0 Å². The van der Waals surface area contributed by atoms with Crippen molar-refractivity contribution in [1.29, 1.82) is 0 Å². The lowest BCUT2D eigenvalue weighted by Gasteiger charge is -2.02. The molecule has 0 aliphatic carbocycles. The van der Waals surface area contributed by atoms with Crippen LogP contribution < -0.4 is 5.73 Å². The van der Waals surface area contributed by atoms with E-state index in [2.05, 4.69) is 39.8 Å². The summed E-state index contributed by atoms with van der Waals surface area (Å²) >= 11 is 0. The summed E-state index contributed by atoms with van der Waals surface area (Å²) < 4.78 is 2.19. The Morgan fingerprint density at radius 2 is 2.19 bits per heavy atom. The van der Waals surface area contributed by atoms with Gasteiger partial charge in [-0.25, -0.2) is 9.97 Å². The monoisotopic (exact) mass is 212 g/mol. The Bertz CT molecular complexity index is 669. The molecule has 2 heterocycles. The van der Waals surface area contributed by atoms with Gasteiger partial charge in [-0.1, -0.05) is 0 Å². The van der Waals surface area contributed by atoms with E-state index in [1.165, 1.54) is 5.52 Å². The average Bonchev–Trinajstić information content (AvgIpc) is 2.72. The molecule has 0 radical (unpaired) electrons. The molecule has 0 bridgehead atoms. The Morgan fingerprint density at radius 1 is 1.31 bits per heavy atom. The predicted octanol–water partition coefficient (Wildman–Crippen LogP) is 2.19. The summed E-state index contributed by atoms with van der Waals surface area (Å²) in [6.07, 6.45) is 3.84. The van der Waals surface area contributed by atoms with Crippen molar-refractivity contribution in [2.24, 2.45) is 0 Å². The van der Waals surface area contributed by atoms with Crippen LogP contribution in [0.1, 0.15) is 6.92 Å². The van der Waals surface area contributed by atoms with Gasteiger partial charge in [0.2, 0.25) is 5.95 Å². The van der Waals surface area contributed by atoms with E-state index in [1.807, 2.05) is 6.07 Å². The molecule has 0 fully saturated rings. The van der Waals surface area contributed by atoms with Crippen LogP contribution in [-0.2, 0) is 6.54 Å². The molecule has 3 rings (SSSR count). The van der Waals surface area contributed by atoms with E-state index in [1.54, 1.807) is 6.20 Å². The van der Waals surface area contributed by atoms with Crippen molar-refractivity contribution in [2.45, 2.75) is 13.5 Å². The lowest BCUT2D eigenvalue weighted by molar-refractivity contribution is 0.798. The molecule has 16 heavy (non-hydrogen) atoms. The first kappa shape index (κ1) is 9.15. The number of aromatic nitrogens is 3. The summed E-state index contributed by atoms with van der Waals surface area (Å²) in [6, 6.07) is 6.21. The number of nitrogens with zero attached hydrogens (tertiary/aromatic N) is 3. The van der Waals surface area contributed by atoms with Gasteiger partial charge in [0.25, 0.3) is 0 Å². The summed E-state index contributed by atoms with van der Waals surface area (Å²) in [6.45, 7) is 3.08. The second-order valence-electron chi connectivity index (χ2n) is 3.77. The highest BCUT2D eigenvalue weighted by Crippen LogP contribution is 2.24. The van der Waals surface area contributed by atoms with Gasteiger partial charge < -0.3 is 10.3 Å². The SMILES string of the molecule is CCn1ccc2c3nc(N)ncc3ccc21. The van der Waals surface area contributed by atoms with Crippen molar-refractivity contribution in [3.63, 3.8) is 0 Å². The molecule has 1 aromatic carbocycles. The zero-order valence-electron chi connectivity index (χ0n) is 9.01. The molecular formula is C12H12N4. The lowest BCUT2D eigenvalue weighted by atomic mass is 10.2. The minimum atomic E-state index is 0.323. The highest BCUT2D eigenvalue weighted by molar-refractivity contribution is 6.04. The summed E-state index contributed by atoms with van der Waals surface area (Å²) in [5.41, 5.74) is 7.74. The lowest BCUT2D eigenvalue weighted by Crippen LogP contribution is -1.95. The fraction of sp³-hybridized carbons (Fsp3) is 0.167. The smallest absolute Gasteiger partial charge is 0.220 e. The molecule has 80 valence electrons.